The first-order chi connectivity index (χ1) is 19.0. The van der Waals surface area contributed by atoms with E-state index in [1.807, 2.05) is 17.8 Å². The van der Waals surface area contributed by atoms with Gasteiger partial charge in [0.1, 0.15) is 29.7 Å². The van der Waals surface area contributed by atoms with Gasteiger partial charge in [0.05, 0.1) is 43.3 Å². The maximum absolute atomic E-state index is 6.28. The Morgan fingerprint density at radius 3 is 2.72 bits per heavy atom. The highest BCUT2D eigenvalue weighted by atomic mass is 16.5. The third kappa shape index (κ3) is 4.26. The van der Waals surface area contributed by atoms with Crippen LogP contribution in [0.2, 0.25) is 0 Å². The van der Waals surface area contributed by atoms with Crippen molar-refractivity contribution in [2.75, 3.05) is 32.9 Å². The first kappa shape index (κ1) is 24.5. The lowest BCUT2D eigenvalue weighted by Gasteiger charge is -2.42. The van der Waals surface area contributed by atoms with Crippen molar-refractivity contribution < 1.29 is 9.47 Å². The number of likely N-dealkylation sites (tertiary alicyclic amines) is 1. The van der Waals surface area contributed by atoms with Crippen molar-refractivity contribution >= 4 is 0 Å². The molecule has 7 rings (SSSR count). The van der Waals surface area contributed by atoms with E-state index in [-0.39, 0.29) is 6.04 Å². The molecule has 0 bridgehead atoms. The Labute approximate surface area is 228 Å². The number of ether oxygens (including phenoxy) is 2. The van der Waals surface area contributed by atoms with Crippen LogP contribution in [-0.2, 0) is 18.3 Å². The molecule has 0 N–H and O–H groups in total. The average Bonchev–Trinajstić information content (AvgIpc) is 3.57. The highest BCUT2D eigenvalue weighted by Gasteiger charge is 2.33. The minimum atomic E-state index is 0.202. The Kier molecular flexibility index (Phi) is 6.04. The molecule has 1 aromatic carbocycles. The van der Waals surface area contributed by atoms with E-state index >= 15 is 0 Å². The summed E-state index contributed by atoms with van der Waals surface area (Å²) in [5.41, 5.74) is 5.46. The van der Waals surface area contributed by atoms with Gasteiger partial charge in [-0.15, -0.1) is 0 Å². The van der Waals surface area contributed by atoms with Crippen LogP contribution in [0, 0.1) is 6.92 Å². The summed E-state index contributed by atoms with van der Waals surface area (Å²) in [6.45, 7) is 11.4. The van der Waals surface area contributed by atoms with Gasteiger partial charge < -0.3 is 14.0 Å². The lowest BCUT2D eigenvalue weighted by atomic mass is 9.89. The quantitative estimate of drug-likeness (QED) is 0.386. The molecule has 6 heterocycles. The van der Waals surface area contributed by atoms with Crippen LogP contribution in [0.3, 0.4) is 0 Å². The van der Waals surface area contributed by atoms with E-state index in [0.717, 1.165) is 72.9 Å². The van der Waals surface area contributed by atoms with Gasteiger partial charge in [-0.25, -0.2) is 14.6 Å². The van der Waals surface area contributed by atoms with Crippen molar-refractivity contribution in [2.24, 2.45) is 7.05 Å². The Hall–Kier alpha value is -3.50. The molecule has 0 radical (unpaired) electrons. The van der Waals surface area contributed by atoms with Crippen LogP contribution < -0.4 is 4.74 Å². The second-order valence-electron chi connectivity index (χ2n) is 11.3. The summed E-state index contributed by atoms with van der Waals surface area (Å²) in [4.78, 5) is 12.3. The zero-order valence-electron chi connectivity index (χ0n) is 23.2. The van der Waals surface area contributed by atoms with Gasteiger partial charge in [0.15, 0.2) is 5.82 Å². The number of aromatic nitrogens is 7. The molecule has 2 fully saturated rings. The first-order valence-corrected chi connectivity index (χ1v) is 14.1. The third-order valence-electron chi connectivity index (χ3n) is 8.32. The number of hydrogen-bond donors (Lipinski definition) is 0. The van der Waals surface area contributed by atoms with Crippen LogP contribution in [0.1, 0.15) is 50.2 Å². The van der Waals surface area contributed by atoms with Gasteiger partial charge in [-0.1, -0.05) is 6.07 Å². The summed E-state index contributed by atoms with van der Waals surface area (Å²) in [6, 6.07) is 7.27. The molecular weight excluding hydrogens is 492 g/mol. The fourth-order valence-electron chi connectivity index (χ4n) is 6.27. The molecule has 204 valence electrons. The number of piperidine rings is 1. The molecule has 0 spiro atoms. The van der Waals surface area contributed by atoms with E-state index in [4.69, 9.17) is 19.6 Å². The Balaban J connectivity index is 1.23. The maximum Gasteiger partial charge on any atom is 0.178 e. The number of aryl methyl sites for hydroxylation is 2. The fraction of sp³-hybridized carbons (Fsp3) is 0.517. The molecule has 2 saturated heterocycles. The zero-order valence-corrected chi connectivity index (χ0v) is 23.2. The van der Waals surface area contributed by atoms with Gasteiger partial charge in [0, 0.05) is 37.3 Å². The number of imidazole rings is 1. The number of nitrogens with zero attached hydrogens (tertiary/aromatic N) is 8. The van der Waals surface area contributed by atoms with Gasteiger partial charge in [-0.3, -0.25) is 9.58 Å². The molecule has 1 atom stereocenters. The summed E-state index contributed by atoms with van der Waals surface area (Å²) >= 11 is 0. The van der Waals surface area contributed by atoms with Crippen molar-refractivity contribution in [3.63, 3.8) is 0 Å². The van der Waals surface area contributed by atoms with Crippen molar-refractivity contribution in [1.82, 2.24) is 39.0 Å². The molecule has 0 aliphatic carbocycles. The van der Waals surface area contributed by atoms with Gasteiger partial charge in [-0.2, -0.15) is 10.2 Å². The predicted molar refractivity (Wildman–Crippen MR) is 148 cm³/mol. The Morgan fingerprint density at radius 1 is 1.05 bits per heavy atom. The Bertz CT molecular complexity index is 1510. The van der Waals surface area contributed by atoms with Crippen LogP contribution in [-0.4, -0.2) is 77.9 Å². The molecule has 10 nitrogen and oxygen atoms in total. The van der Waals surface area contributed by atoms with Crippen LogP contribution in [0.5, 0.6) is 5.75 Å². The van der Waals surface area contributed by atoms with E-state index in [0.29, 0.717) is 18.6 Å². The van der Waals surface area contributed by atoms with E-state index in [1.165, 1.54) is 24.1 Å². The predicted octanol–water partition coefficient (Wildman–Crippen LogP) is 4.07. The molecule has 3 aromatic heterocycles. The van der Waals surface area contributed by atoms with Gasteiger partial charge >= 0.3 is 0 Å². The molecule has 39 heavy (non-hydrogen) atoms. The second-order valence-corrected chi connectivity index (χ2v) is 11.3. The Morgan fingerprint density at radius 2 is 1.92 bits per heavy atom. The zero-order chi connectivity index (χ0) is 26.7. The third-order valence-corrected chi connectivity index (χ3v) is 8.32. The summed E-state index contributed by atoms with van der Waals surface area (Å²) in [5.74, 6) is 3.76. The smallest absolute Gasteiger partial charge is 0.178 e. The number of rotatable bonds is 5. The van der Waals surface area contributed by atoms with E-state index in [1.54, 1.807) is 0 Å². The largest absolute Gasteiger partial charge is 0.491 e. The SMILES string of the molecule is Cc1nc(-c2cn3c(n2)-c2ccc(-c4cnn(C)c4C4CCCN(C5COC5)C4)cc2OCC3)n(C(C)C)n1. The lowest BCUT2D eigenvalue weighted by Crippen LogP contribution is -2.52. The molecule has 3 aliphatic heterocycles. The number of benzene rings is 1. The maximum atomic E-state index is 6.28. The van der Waals surface area contributed by atoms with Gasteiger partial charge in [0.25, 0.3) is 0 Å². The van der Waals surface area contributed by atoms with Crippen molar-refractivity contribution in [2.45, 2.75) is 58.2 Å². The van der Waals surface area contributed by atoms with Crippen LogP contribution >= 0.6 is 0 Å². The van der Waals surface area contributed by atoms with E-state index in [9.17, 15) is 0 Å². The standard InChI is InChI=1S/C29H36N8O2/c1-18(2)37-29(31-19(3)33-37)25-15-36-10-11-39-26-12-20(7-8-23(26)28(36)32-25)24-13-30-34(4)27(24)21-6-5-9-35(14-21)22-16-38-17-22/h7-8,12-13,15,18,21-22H,5-6,9-11,14,16-17H2,1-4H3. The molecule has 0 amide bonds. The summed E-state index contributed by atoms with van der Waals surface area (Å²) in [5, 5.41) is 9.29. The van der Waals surface area contributed by atoms with Crippen LogP contribution in [0.15, 0.2) is 30.6 Å². The fourth-order valence-corrected chi connectivity index (χ4v) is 6.27. The first-order valence-electron chi connectivity index (χ1n) is 14.1. The molecule has 4 aromatic rings. The summed E-state index contributed by atoms with van der Waals surface area (Å²) < 4.78 is 17.9. The van der Waals surface area contributed by atoms with E-state index < -0.39 is 0 Å². The van der Waals surface area contributed by atoms with Gasteiger partial charge in [-0.05, 0) is 57.9 Å². The lowest BCUT2D eigenvalue weighted by molar-refractivity contribution is -0.0724. The van der Waals surface area contributed by atoms with Crippen molar-refractivity contribution in [3.05, 3.63) is 42.1 Å². The highest BCUT2D eigenvalue weighted by Crippen LogP contribution is 2.40. The van der Waals surface area contributed by atoms with E-state index in [2.05, 4.69) is 69.5 Å². The van der Waals surface area contributed by atoms with Crippen LogP contribution in [0.4, 0.5) is 0 Å². The number of fused-ring (bicyclic) bond motifs is 3. The minimum absolute atomic E-state index is 0.202. The number of hydrogen-bond acceptors (Lipinski definition) is 7. The second kappa shape index (κ2) is 9.60. The monoisotopic (exact) mass is 528 g/mol. The normalized spacial score (nSPS) is 19.9. The average molecular weight is 529 g/mol. The van der Waals surface area contributed by atoms with Crippen molar-refractivity contribution in [1.29, 1.82) is 0 Å². The van der Waals surface area contributed by atoms with Crippen LogP contribution in [0.25, 0.3) is 34.0 Å². The minimum Gasteiger partial charge on any atom is -0.491 e. The van der Waals surface area contributed by atoms with Gasteiger partial charge in [0.2, 0.25) is 0 Å². The topological polar surface area (TPSA) is 88.0 Å². The van der Waals surface area contributed by atoms with Crippen molar-refractivity contribution in [3.8, 4) is 39.8 Å². The molecule has 0 saturated carbocycles. The molecular formula is C29H36N8O2. The summed E-state index contributed by atoms with van der Waals surface area (Å²) in [7, 11) is 2.07. The molecule has 3 aliphatic rings. The molecule has 10 heteroatoms. The highest BCUT2D eigenvalue weighted by molar-refractivity contribution is 5.76. The summed E-state index contributed by atoms with van der Waals surface area (Å²) in [6.07, 6.45) is 6.47. The molecule has 1 unspecified atom stereocenters.